The zero-order valence-electron chi connectivity index (χ0n) is 17.1. The van der Waals surface area contributed by atoms with E-state index < -0.39 is 11.6 Å². The SMILES string of the molecule is CCC1(c2ccc(Cl)cc2)NC(=O)N(CCCCN2C(=O)c3ccccc3C2=O)C1=O. The topological polar surface area (TPSA) is 86.8 Å². The molecule has 1 N–H and O–H groups in total. The summed E-state index contributed by atoms with van der Waals surface area (Å²) < 4.78 is 0. The number of imide groups is 2. The zero-order chi connectivity index (χ0) is 22.2. The lowest BCUT2D eigenvalue weighted by molar-refractivity contribution is -0.131. The number of unbranched alkanes of at least 4 members (excludes halogenated alkanes) is 1. The number of hydrogen-bond acceptors (Lipinski definition) is 4. The van der Waals surface area contributed by atoms with Crippen molar-refractivity contribution in [1.82, 2.24) is 15.1 Å². The molecule has 7 nitrogen and oxygen atoms in total. The fraction of sp³-hybridized carbons (Fsp3) is 0.304. The number of rotatable bonds is 7. The standard InChI is InChI=1S/C23H22ClN3O4/c1-2-23(15-9-11-16(24)12-10-15)21(30)27(22(31)25-23)14-6-5-13-26-19(28)17-7-3-4-8-18(17)20(26)29/h3-4,7-12H,2,5-6,13-14H2,1H3,(H,25,31). The van der Waals surface area contributed by atoms with Crippen LogP contribution < -0.4 is 5.32 Å². The number of nitrogens with one attached hydrogen (secondary N) is 1. The second-order valence-corrected chi connectivity index (χ2v) is 8.10. The number of amides is 5. The first kappa shape index (κ1) is 21.1. The molecule has 0 spiro atoms. The molecule has 0 radical (unpaired) electrons. The number of benzene rings is 2. The van der Waals surface area contributed by atoms with Crippen molar-refractivity contribution in [2.45, 2.75) is 31.7 Å². The lowest BCUT2D eigenvalue weighted by atomic mass is 9.87. The van der Waals surface area contributed by atoms with Gasteiger partial charge in [-0.15, -0.1) is 0 Å². The zero-order valence-corrected chi connectivity index (χ0v) is 17.8. The lowest BCUT2D eigenvalue weighted by Gasteiger charge is -2.26. The van der Waals surface area contributed by atoms with Crippen LogP contribution in [0, 0.1) is 0 Å². The molecule has 160 valence electrons. The first-order chi connectivity index (χ1) is 14.9. The quantitative estimate of drug-likeness (QED) is 0.406. The lowest BCUT2D eigenvalue weighted by Crippen LogP contribution is -2.43. The van der Waals surface area contributed by atoms with Crippen LogP contribution in [-0.4, -0.2) is 46.6 Å². The smallest absolute Gasteiger partial charge is 0.319 e. The average Bonchev–Trinajstić information content (AvgIpc) is 3.17. The number of hydrogen-bond donors (Lipinski definition) is 1. The third-order valence-corrected chi connectivity index (χ3v) is 6.19. The maximum Gasteiger partial charge on any atom is 0.325 e. The van der Waals surface area contributed by atoms with E-state index in [0.717, 1.165) is 0 Å². The van der Waals surface area contributed by atoms with Gasteiger partial charge in [0, 0.05) is 18.1 Å². The summed E-state index contributed by atoms with van der Waals surface area (Å²) in [4.78, 5) is 53.0. The van der Waals surface area contributed by atoms with Crippen LogP contribution in [0.5, 0.6) is 0 Å². The maximum absolute atomic E-state index is 13.1. The Balaban J connectivity index is 1.38. The third kappa shape index (κ3) is 3.49. The molecule has 0 saturated carbocycles. The number of nitrogens with zero attached hydrogens (tertiary/aromatic N) is 2. The normalized spacial score (nSPS) is 20.5. The summed E-state index contributed by atoms with van der Waals surface area (Å²) in [6.45, 7) is 2.30. The number of carbonyl (C=O) groups is 4. The van der Waals surface area contributed by atoms with Crippen LogP contribution in [0.15, 0.2) is 48.5 Å². The van der Waals surface area contributed by atoms with Crippen LogP contribution >= 0.6 is 11.6 Å². The summed E-state index contributed by atoms with van der Waals surface area (Å²) in [7, 11) is 0. The van der Waals surface area contributed by atoms with Gasteiger partial charge in [-0.05, 0) is 49.1 Å². The van der Waals surface area contributed by atoms with Crippen molar-refractivity contribution in [3.63, 3.8) is 0 Å². The van der Waals surface area contributed by atoms with E-state index >= 15 is 0 Å². The van der Waals surface area contributed by atoms with Crippen molar-refractivity contribution in [2.75, 3.05) is 13.1 Å². The maximum atomic E-state index is 13.1. The molecule has 2 aromatic carbocycles. The predicted octanol–water partition coefficient (Wildman–Crippen LogP) is 3.57. The van der Waals surface area contributed by atoms with Gasteiger partial charge in [-0.2, -0.15) is 0 Å². The first-order valence-corrected chi connectivity index (χ1v) is 10.6. The van der Waals surface area contributed by atoms with Gasteiger partial charge in [0.1, 0.15) is 5.54 Å². The Morgan fingerprint density at radius 2 is 1.39 bits per heavy atom. The number of urea groups is 1. The Labute approximate surface area is 185 Å². The molecule has 2 aliphatic heterocycles. The Bertz CT molecular complexity index is 1030. The minimum atomic E-state index is -1.11. The Kier molecular flexibility index (Phi) is 5.54. The van der Waals surface area contributed by atoms with Crippen LogP contribution in [0.1, 0.15) is 52.5 Å². The molecule has 1 unspecified atom stereocenters. The molecule has 0 aliphatic carbocycles. The summed E-state index contributed by atoms with van der Waals surface area (Å²) in [6.07, 6.45) is 1.38. The van der Waals surface area contributed by atoms with Crippen molar-refractivity contribution in [3.05, 3.63) is 70.2 Å². The molecule has 5 amide bonds. The summed E-state index contributed by atoms with van der Waals surface area (Å²) in [6, 6.07) is 13.2. The molecular weight excluding hydrogens is 418 g/mol. The second kappa shape index (κ2) is 8.15. The molecule has 1 saturated heterocycles. The van der Waals surface area contributed by atoms with Crippen LogP contribution in [-0.2, 0) is 10.3 Å². The van der Waals surface area contributed by atoms with Gasteiger partial charge < -0.3 is 5.32 Å². The molecule has 0 aromatic heterocycles. The highest BCUT2D eigenvalue weighted by molar-refractivity contribution is 6.30. The van der Waals surface area contributed by atoms with Gasteiger partial charge in [0.25, 0.3) is 17.7 Å². The molecule has 31 heavy (non-hydrogen) atoms. The van der Waals surface area contributed by atoms with E-state index in [1.54, 1.807) is 48.5 Å². The van der Waals surface area contributed by atoms with E-state index in [1.165, 1.54) is 9.80 Å². The van der Waals surface area contributed by atoms with Gasteiger partial charge in [0.05, 0.1) is 11.1 Å². The van der Waals surface area contributed by atoms with Crippen LogP contribution in [0.2, 0.25) is 5.02 Å². The Morgan fingerprint density at radius 3 is 1.94 bits per heavy atom. The monoisotopic (exact) mass is 439 g/mol. The molecule has 1 fully saturated rings. The fourth-order valence-electron chi connectivity index (χ4n) is 4.19. The van der Waals surface area contributed by atoms with E-state index in [1.807, 2.05) is 6.92 Å². The van der Waals surface area contributed by atoms with Crippen molar-refractivity contribution in [2.24, 2.45) is 0 Å². The molecule has 1 atom stereocenters. The molecule has 8 heteroatoms. The van der Waals surface area contributed by atoms with Gasteiger partial charge in [-0.25, -0.2) is 4.79 Å². The Hall–Kier alpha value is -3.19. The molecule has 4 rings (SSSR count). The highest BCUT2D eigenvalue weighted by atomic mass is 35.5. The van der Waals surface area contributed by atoms with Crippen molar-refractivity contribution >= 4 is 35.4 Å². The predicted molar refractivity (Wildman–Crippen MR) is 115 cm³/mol. The van der Waals surface area contributed by atoms with Gasteiger partial charge in [-0.1, -0.05) is 42.8 Å². The number of halogens is 1. The minimum absolute atomic E-state index is 0.211. The summed E-state index contributed by atoms with van der Waals surface area (Å²) in [5.74, 6) is -0.908. The van der Waals surface area contributed by atoms with E-state index in [4.69, 9.17) is 11.6 Å². The van der Waals surface area contributed by atoms with Crippen LogP contribution in [0.3, 0.4) is 0 Å². The van der Waals surface area contributed by atoms with Gasteiger partial charge in [-0.3, -0.25) is 24.2 Å². The van der Waals surface area contributed by atoms with Gasteiger partial charge in [0.15, 0.2) is 0 Å². The van der Waals surface area contributed by atoms with Crippen LogP contribution in [0.4, 0.5) is 4.79 Å². The van der Waals surface area contributed by atoms with Gasteiger partial charge >= 0.3 is 6.03 Å². The van der Waals surface area contributed by atoms with Crippen LogP contribution in [0.25, 0.3) is 0 Å². The first-order valence-electron chi connectivity index (χ1n) is 10.2. The Morgan fingerprint density at radius 1 is 0.839 bits per heavy atom. The minimum Gasteiger partial charge on any atom is -0.319 e. The fourth-order valence-corrected chi connectivity index (χ4v) is 4.31. The summed E-state index contributed by atoms with van der Waals surface area (Å²) in [5.41, 5.74) is 0.408. The number of carbonyl (C=O) groups excluding carboxylic acids is 4. The number of fused-ring (bicyclic) bond motifs is 1. The summed E-state index contributed by atoms with van der Waals surface area (Å²) >= 11 is 5.95. The van der Waals surface area contributed by atoms with E-state index in [-0.39, 0.29) is 30.8 Å². The van der Waals surface area contributed by atoms with Gasteiger partial charge in [0.2, 0.25) is 0 Å². The highest BCUT2D eigenvalue weighted by Gasteiger charge is 2.50. The highest BCUT2D eigenvalue weighted by Crippen LogP contribution is 2.33. The van der Waals surface area contributed by atoms with E-state index in [2.05, 4.69) is 5.32 Å². The third-order valence-electron chi connectivity index (χ3n) is 5.93. The molecule has 2 heterocycles. The molecule has 2 aliphatic rings. The van der Waals surface area contributed by atoms with Crippen molar-refractivity contribution in [1.29, 1.82) is 0 Å². The molecule has 2 aromatic rings. The molecule has 0 bridgehead atoms. The average molecular weight is 440 g/mol. The molecular formula is C23H22ClN3O4. The van der Waals surface area contributed by atoms with Crippen molar-refractivity contribution < 1.29 is 19.2 Å². The second-order valence-electron chi connectivity index (χ2n) is 7.67. The largest absolute Gasteiger partial charge is 0.325 e. The van der Waals surface area contributed by atoms with E-state index in [0.29, 0.717) is 41.0 Å². The van der Waals surface area contributed by atoms with E-state index in [9.17, 15) is 19.2 Å². The van der Waals surface area contributed by atoms with Crippen molar-refractivity contribution in [3.8, 4) is 0 Å². The summed E-state index contributed by atoms with van der Waals surface area (Å²) in [5, 5.41) is 3.39.